The second kappa shape index (κ2) is 6.76. The third kappa shape index (κ3) is 4.34. The summed E-state index contributed by atoms with van der Waals surface area (Å²) in [5, 5.41) is 5.37. The Morgan fingerprint density at radius 3 is 2.64 bits per heavy atom. The molecule has 14 heavy (non-hydrogen) atoms. The summed E-state index contributed by atoms with van der Waals surface area (Å²) in [5.74, 6) is -0.812. The van der Waals surface area contributed by atoms with Crippen molar-refractivity contribution in [3.63, 3.8) is 0 Å². The van der Waals surface area contributed by atoms with Crippen LogP contribution in [0.2, 0.25) is 0 Å². The van der Waals surface area contributed by atoms with Gasteiger partial charge in [-0.2, -0.15) is 0 Å². The van der Waals surface area contributed by atoms with Crippen LogP contribution in [0.3, 0.4) is 0 Å². The minimum atomic E-state index is -0.812. The van der Waals surface area contributed by atoms with E-state index in [2.05, 4.69) is 37.7 Å². The van der Waals surface area contributed by atoms with Gasteiger partial charge in [0, 0.05) is 10.5 Å². The van der Waals surface area contributed by atoms with Gasteiger partial charge in [-0.3, -0.25) is 4.79 Å². The first kappa shape index (κ1) is 12.3. The van der Waals surface area contributed by atoms with Gasteiger partial charge in [-0.15, -0.1) is 4.91 Å². The van der Waals surface area contributed by atoms with E-state index in [0.717, 1.165) is 6.08 Å². The Morgan fingerprint density at radius 1 is 1.57 bits per heavy atom. The molecule has 0 fully saturated rings. The summed E-state index contributed by atoms with van der Waals surface area (Å²) in [6, 6.07) is 0. The van der Waals surface area contributed by atoms with Crippen molar-refractivity contribution in [1.29, 1.82) is 0 Å². The third-order valence-corrected chi connectivity index (χ3v) is 1.42. The van der Waals surface area contributed by atoms with E-state index < -0.39 is 5.91 Å². The number of amides is 1. The zero-order valence-corrected chi connectivity index (χ0v) is 8.51. The third-order valence-electron chi connectivity index (χ3n) is 1.04. The molecule has 0 rings (SSSR count). The second-order valence-electron chi connectivity index (χ2n) is 1.91. The molecule has 0 atom stereocenters. The van der Waals surface area contributed by atoms with Crippen LogP contribution < -0.4 is 0 Å². The number of hydrogen-bond donors (Lipinski definition) is 0. The molecule has 0 aromatic heterocycles. The highest BCUT2D eigenvalue weighted by atomic mass is 79.9. The van der Waals surface area contributed by atoms with Crippen LogP contribution in [0.25, 0.3) is 10.4 Å². The normalized spacial score (nSPS) is 11.5. The summed E-state index contributed by atoms with van der Waals surface area (Å²) >= 11 is 2.79. The molecule has 72 valence electrons. The van der Waals surface area contributed by atoms with Crippen LogP contribution >= 0.6 is 15.9 Å². The maximum atomic E-state index is 11.0. The van der Waals surface area contributed by atoms with Crippen molar-refractivity contribution in [3.8, 4) is 0 Å². The number of halogens is 1. The van der Waals surface area contributed by atoms with Gasteiger partial charge in [0.2, 0.25) is 5.91 Å². The van der Waals surface area contributed by atoms with Gasteiger partial charge in [0.05, 0.1) is 0 Å². The first-order valence-electron chi connectivity index (χ1n) is 3.28. The molecule has 1 amide bonds. The number of allylic oxidation sites excluding steroid dienone is 2. The summed E-state index contributed by atoms with van der Waals surface area (Å²) in [5.41, 5.74) is 8.03. The quantitative estimate of drug-likeness (QED) is 0.147. The highest BCUT2D eigenvalue weighted by Gasteiger charge is 2.04. The van der Waals surface area contributed by atoms with Gasteiger partial charge in [0.25, 0.3) is 0 Å². The number of carbonyl (C=O) groups is 1. The van der Waals surface area contributed by atoms with E-state index in [1.165, 1.54) is 12.2 Å². The minimum Gasteiger partial charge on any atom is -0.287 e. The van der Waals surface area contributed by atoms with Gasteiger partial charge in [0.1, 0.15) is 0 Å². The van der Waals surface area contributed by atoms with Crippen molar-refractivity contribution in [3.05, 3.63) is 50.3 Å². The first-order valence-corrected chi connectivity index (χ1v) is 4.07. The van der Waals surface area contributed by atoms with Crippen molar-refractivity contribution in [2.45, 2.75) is 0 Å². The molecule has 7 heteroatoms. The lowest BCUT2D eigenvalue weighted by Gasteiger charge is -1.92. The summed E-state index contributed by atoms with van der Waals surface area (Å²) in [4.78, 5) is 23.3. The fourth-order valence-corrected chi connectivity index (χ4v) is 0.808. The van der Waals surface area contributed by atoms with E-state index in [9.17, 15) is 9.70 Å². The van der Waals surface area contributed by atoms with Crippen LogP contribution in [0.4, 0.5) is 0 Å². The fraction of sp³-hybridized carbons (Fsp3) is 0. The van der Waals surface area contributed by atoms with Crippen molar-refractivity contribution < 1.29 is 4.79 Å². The average molecular weight is 257 g/mol. The molecule has 0 aliphatic carbocycles. The van der Waals surface area contributed by atoms with Crippen LogP contribution in [0, 0.1) is 4.91 Å². The van der Waals surface area contributed by atoms with Crippen LogP contribution in [0.5, 0.6) is 0 Å². The van der Waals surface area contributed by atoms with Crippen LogP contribution in [-0.4, -0.2) is 5.91 Å². The molecule has 0 heterocycles. The van der Waals surface area contributed by atoms with E-state index in [0.29, 0.717) is 0 Å². The average Bonchev–Trinajstić information content (AvgIpc) is 2.17. The fourth-order valence-electron chi connectivity index (χ4n) is 0.561. The van der Waals surface area contributed by atoms with Crippen molar-refractivity contribution in [1.82, 2.24) is 0 Å². The smallest absolute Gasteiger partial charge is 0.249 e. The monoisotopic (exact) mass is 256 g/mol. The zero-order valence-electron chi connectivity index (χ0n) is 6.92. The number of carbonyl (C=O) groups excluding carboxylic acids is 1. The first-order chi connectivity index (χ1) is 6.65. The van der Waals surface area contributed by atoms with Crippen LogP contribution in [0.15, 0.2) is 45.3 Å². The highest BCUT2D eigenvalue weighted by Crippen LogP contribution is 2.11. The SMILES string of the molecule is C=C/C=C(\C=C(/Br)N=O)C(=O)N=[N+]=[N-]. The number of nitroso groups, excluding NO2 is 1. The van der Waals surface area contributed by atoms with Gasteiger partial charge in [-0.25, -0.2) is 0 Å². The van der Waals surface area contributed by atoms with Gasteiger partial charge in [-0.1, -0.05) is 18.7 Å². The Morgan fingerprint density at radius 2 is 2.21 bits per heavy atom. The molecule has 0 bridgehead atoms. The summed E-state index contributed by atoms with van der Waals surface area (Å²) < 4.78 is -0.0768. The Bertz CT molecular complexity index is 366. The van der Waals surface area contributed by atoms with Gasteiger partial charge in [-0.05, 0) is 37.8 Å². The highest BCUT2D eigenvalue weighted by molar-refractivity contribution is 9.11. The van der Waals surface area contributed by atoms with Crippen molar-refractivity contribution in [2.75, 3.05) is 0 Å². The zero-order chi connectivity index (χ0) is 11.0. The Balaban J connectivity index is 5.06. The van der Waals surface area contributed by atoms with Crippen LogP contribution in [-0.2, 0) is 4.79 Å². The molecule has 0 radical (unpaired) electrons. The number of nitrogens with zero attached hydrogens (tertiary/aromatic N) is 4. The van der Waals surface area contributed by atoms with E-state index in [-0.39, 0.29) is 10.2 Å². The molecule has 0 aromatic rings. The number of azide groups is 1. The summed E-state index contributed by atoms with van der Waals surface area (Å²) in [6.07, 6.45) is 3.75. The predicted molar refractivity (Wildman–Crippen MR) is 55.2 cm³/mol. The molecule has 0 saturated carbocycles. The number of hydrogen-bond acceptors (Lipinski definition) is 3. The Labute approximate surface area is 87.7 Å². The standard InChI is InChI=1S/C7H5BrN4O2/c1-2-3-5(4-6(8)11-14)7(13)10-12-9/h2-4H,1H2/b5-3+,6-4+. The summed E-state index contributed by atoms with van der Waals surface area (Å²) in [6.45, 7) is 3.36. The lowest BCUT2D eigenvalue weighted by atomic mass is 10.2. The molecule has 0 aromatic carbocycles. The summed E-state index contributed by atoms with van der Waals surface area (Å²) in [7, 11) is 0. The van der Waals surface area contributed by atoms with E-state index in [4.69, 9.17) is 5.53 Å². The van der Waals surface area contributed by atoms with Crippen molar-refractivity contribution >= 4 is 21.8 Å². The Kier molecular flexibility index (Phi) is 5.93. The molecule has 0 unspecified atom stereocenters. The van der Waals surface area contributed by atoms with E-state index >= 15 is 0 Å². The van der Waals surface area contributed by atoms with Gasteiger partial charge < -0.3 is 0 Å². The second-order valence-corrected chi connectivity index (χ2v) is 2.72. The number of rotatable bonds is 4. The lowest BCUT2D eigenvalue weighted by Crippen LogP contribution is -1.94. The van der Waals surface area contributed by atoms with Crippen molar-refractivity contribution in [2.24, 2.45) is 10.3 Å². The van der Waals surface area contributed by atoms with Gasteiger partial charge in [0.15, 0.2) is 4.61 Å². The Hall–Kier alpha value is -1.72. The molecule has 0 spiro atoms. The van der Waals surface area contributed by atoms with Gasteiger partial charge >= 0.3 is 0 Å². The molecule has 0 saturated heterocycles. The molecule has 0 aliphatic heterocycles. The largest absolute Gasteiger partial charge is 0.287 e. The lowest BCUT2D eigenvalue weighted by molar-refractivity contribution is -0.114. The molecular weight excluding hydrogens is 252 g/mol. The van der Waals surface area contributed by atoms with E-state index in [1.807, 2.05) is 0 Å². The minimum absolute atomic E-state index is 0.0178. The van der Waals surface area contributed by atoms with E-state index in [1.54, 1.807) is 0 Å². The maximum Gasteiger partial charge on any atom is 0.249 e. The molecule has 0 aliphatic rings. The van der Waals surface area contributed by atoms with Crippen LogP contribution in [0.1, 0.15) is 0 Å². The molecule has 6 nitrogen and oxygen atoms in total. The molecule has 0 N–H and O–H groups in total. The molecular formula is C7H5BrN4O2. The predicted octanol–water partition coefficient (Wildman–Crippen LogP) is 2.94. The topological polar surface area (TPSA) is 95.3 Å². The maximum absolute atomic E-state index is 11.0.